The van der Waals surface area contributed by atoms with Crippen molar-refractivity contribution in [3.05, 3.63) is 41.1 Å². The molecule has 0 saturated carbocycles. The fourth-order valence-electron chi connectivity index (χ4n) is 1.90. The van der Waals surface area contributed by atoms with Crippen LogP contribution >= 0.6 is 0 Å². The molecule has 0 aliphatic carbocycles. The number of carbonyl (C=O) groups is 1. The Bertz CT molecular complexity index is 588. The number of amides is 1. The maximum Gasteiger partial charge on any atom is 0.267 e. The molecule has 0 atom stereocenters. The Labute approximate surface area is 101 Å². The summed E-state index contributed by atoms with van der Waals surface area (Å²) in [6, 6.07) is 7.87. The first-order valence-electron chi connectivity index (χ1n) is 5.70. The van der Waals surface area contributed by atoms with Gasteiger partial charge in [-0.05, 0) is 42.2 Å². The molecule has 0 spiro atoms. The van der Waals surface area contributed by atoms with Gasteiger partial charge in [-0.2, -0.15) is 0 Å². The van der Waals surface area contributed by atoms with Gasteiger partial charge in [-0.25, -0.2) is 4.98 Å². The van der Waals surface area contributed by atoms with E-state index in [1.807, 2.05) is 19.1 Å². The molecule has 0 aliphatic heterocycles. The van der Waals surface area contributed by atoms with Crippen molar-refractivity contribution in [1.82, 2.24) is 4.98 Å². The van der Waals surface area contributed by atoms with Crippen LogP contribution in [-0.4, -0.2) is 10.9 Å². The molecule has 0 bridgehead atoms. The maximum atomic E-state index is 11.1. The second-order valence-electron chi connectivity index (χ2n) is 4.62. The highest BCUT2D eigenvalue weighted by atomic mass is 16.1. The summed E-state index contributed by atoms with van der Waals surface area (Å²) in [6.45, 7) is 6.28. The van der Waals surface area contributed by atoms with E-state index in [2.05, 4.69) is 24.9 Å². The van der Waals surface area contributed by atoms with Gasteiger partial charge in [-0.1, -0.05) is 19.9 Å². The molecule has 2 N–H and O–H groups in total. The Balaban J connectivity index is 2.68. The zero-order valence-corrected chi connectivity index (χ0v) is 10.3. The molecule has 1 heterocycles. The topological polar surface area (TPSA) is 56.0 Å². The Morgan fingerprint density at radius 1 is 1.29 bits per heavy atom. The molecule has 1 aromatic carbocycles. The molecule has 0 radical (unpaired) electrons. The second kappa shape index (κ2) is 4.17. The van der Waals surface area contributed by atoms with Gasteiger partial charge in [-0.3, -0.25) is 4.79 Å². The molecule has 3 nitrogen and oxygen atoms in total. The Morgan fingerprint density at radius 3 is 2.59 bits per heavy atom. The zero-order chi connectivity index (χ0) is 12.6. The summed E-state index contributed by atoms with van der Waals surface area (Å²) >= 11 is 0. The summed E-state index contributed by atoms with van der Waals surface area (Å²) in [7, 11) is 0. The number of aromatic nitrogens is 1. The summed E-state index contributed by atoms with van der Waals surface area (Å²) < 4.78 is 0. The van der Waals surface area contributed by atoms with Crippen LogP contribution in [-0.2, 0) is 0 Å². The molecule has 1 amide bonds. The quantitative estimate of drug-likeness (QED) is 0.859. The standard InChI is InChI=1S/C14H16N2O/c1-8(2)10-4-5-12-11(7-10)9(3)6-13(16-12)14(15)17/h4-8H,1-3H3,(H2,15,17). The number of nitrogens with two attached hydrogens (primary N) is 1. The minimum atomic E-state index is -0.483. The van der Waals surface area contributed by atoms with E-state index in [4.69, 9.17) is 5.73 Å². The first kappa shape index (κ1) is 11.6. The highest BCUT2D eigenvalue weighted by Crippen LogP contribution is 2.23. The zero-order valence-electron chi connectivity index (χ0n) is 10.3. The van der Waals surface area contributed by atoms with Crippen molar-refractivity contribution in [2.75, 3.05) is 0 Å². The SMILES string of the molecule is Cc1cc(C(N)=O)nc2ccc(C(C)C)cc12. The van der Waals surface area contributed by atoms with E-state index in [0.29, 0.717) is 11.6 Å². The van der Waals surface area contributed by atoms with Gasteiger partial charge in [0.2, 0.25) is 0 Å². The Hall–Kier alpha value is -1.90. The summed E-state index contributed by atoms with van der Waals surface area (Å²) in [5, 5.41) is 1.08. The summed E-state index contributed by atoms with van der Waals surface area (Å²) in [4.78, 5) is 15.4. The van der Waals surface area contributed by atoms with Gasteiger partial charge >= 0.3 is 0 Å². The summed E-state index contributed by atoms with van der Waals surface area (Å²) in [5.41, 5.74) is 8.71. The highest BCUT2D eigenvalue weighted by molar-refractivity contribution is 5.94. The molecule has 17 heavy (non-hydrogen) atoms. The number of fused-ring (bicyclic) bond motifs is 1. The van der Waals surface area contributed by atoms with Crippen LogP contribution in [0, 0.1) is 6.92 Å². The van der Waals surface area contributed by atoms with E-state index >= 15 is 0 Å². The molecule has 0 aliphatic rings. The van der Waals surface area contributed by atoms with Crippen molar-refractivity contribution in [3.8, 4) is 0 Å². The average Bonchev–Trinajstić information content (AvgIpc) is 2.28. The monoisotopic (exact) mass is 228 g/mol. The van der Waals surface area contributed by atoms with Crippen LogP contribution in [0.4, 0.5) is 0 Å². The van der Waals surface area contributed by atoms with Crippen molar-refractivity contribution < 1.29 is 4.79 Å². The molecule has 1 aromatic heterocycles. The van der Waals surface area contributed by atoms with Crippen LogP contribution in [0.2, 0.25) is 0 Å². The summed E-state index contributed by atoms with van der Waals surface area (Å²) in [6.07, 6.45) is 0. The third kappa shape index (κ3) is 2.13. The predicted octanol–water partition coefficient (Wildman–Crippen LogP) is 2.77. The van der Waals surface area contributed by atoms with Gasteiger partial charge in [0.15, 0.2) is 0 Å². The number of carbonyl (C=O) groups excluding carboxylic acids is 1. The molecule has 0 unspecified atom stereocenters. The van der Waals surface area contributed by atoms with Crippen molar-refractivity contribution in [1.29, 1.82) is 0 Å². The van der Waals surface area contributed by atoms with Crippen LogP contribution in [0.15, 0.2) is 24.3 Å². The fraction of sp³-hybridized carbons (Fsp3) is 0.286. The second-order valence-corrected chi connectivity index (χ2v) is 4.62. The smallest absolute Gasteiger partial charge is 0.267 e. The molecule has 0 saturated heterocycles. The van der Waals surface area contributed by atoms with E-state index in [1.165, 1.54) is 5.56 Å². The lowest BCUT2D eigenvalue weighted by atomic mass is 9.99. The minimum absolute atomic E-state index is 0.326. The van der Waals surface area contributed by atoms with Crippen LogP contribution in [0.1, 0.15) is 41.4 Å². The van der Waals surface area contributed by atoms with E-state index in [0.717, 1.165) is 16.5 Å². The van der Waals surface area contributed by atoms with Crippen LogP contribution in [0.25, 0.3) is 10.9 Å². The van der Waals surface area contributed by atoms with Gasteiger partial charge in [-0.15, -0.1) is 0 Å². The molecule has 2 aromatic rings. The van der Waals surface area contributed by atoms with Gasteiger partial charge in [0.25, 0.3) is 5.91 Å². The van der Waals surface area contributed by atoms with Gasteiger partial charge < -0.3 is 5.73 Å². The Morgan fingerprint density at radius 2 is 2.00 bits per heavy atom. The number of hydrogen-bond acceptors (Lipinski definition) is 2. The van der Waals surface area contributed by atoms with E-state index in [-0.39, 0.29) is 0 Å². The molecular weight excluding hydrogens is 212 g/mol. The number of nitrogens with zero attached hydrogens (tertiary/aromatic N) is 1. The normalized spacial score (nSPS) is 11.1. The van der Waals surface area contributed by atoms with Gasteiger partial charge in [0, 0.05) is 5.39 Å². The number of aryl methyl sites for hydroxylation is 1. The van der Waals surface area contributed by atoms with E-state index < -0.39 is 5.91 Å². The van der Waals surface area contributed by atoms with E-state index in [1.54, 1.807) is 6.07 Å². The molecule has 3 heteroatoms. The van der Waals surface area contributed by atoms with Crippen LogP contribution < -0.4 is 5.73 Å². The first-order valence-corrected chi connectivity index (χ1v) is 5.70. The Kier molecular flexibility index (Phi) is 2.84. The predicted molar refractivity (Wildman–Crippen MR) is 69.1 cm³/mol. The number of primary amides is 1. The van der Waals surface area contributed by atoms with Crippen molar-refractivity contribution in [2.24, 2.45) is 5.73 Å². The van der Waals surface area contributed by atoms with Gasteiger partial charge in [0.1, 0.15) is 5.69 Å². The molecular formula is C14H16N2O. The number of benzene rings is 1. The largest absolute Gasteiger partial charge is 0.364 e. The van der Waals surface area contributed by atoms with Crippen LogP contribution in [0.5, 0.6) is 0 Å². The summed E-state index contributed by atoms with van der Waals surface area (Å²) in [5.74, 6) is -0.00227. The number of hydrogen-bond donors (Lipinski definition) is 1. The lowest BCUT2D eigenvalue weighted by molar-refractivity contribution is 0.0996. The van der Waals surface area contributed by atoms with Crippen LogP contribution in [0.3, 0.4) is 0 Å². The van der Waals surface area contributed by atoms with Crippen molar-refractivity contribution in [2.45, 2.75) is 26.7 Å². The maximum absolute atomic E-state index is 11.1. The van der Waals surface area contributed by atoms with Crippen molar-refractivity contribution in [3.63, 3.8) is 0 Å². The molecule has 2 rings (SSSR count). The minimum Gasteiger partial charge on any atom is -0.364 e. The molecule has 0 fully saturated rings. The van der Waals surface area contributed by atoms with E-state index in [9.17, 15) is 4.79 Å². The lowest BCUT2D eigenvalue weighted by Crippen LogP contribution is -2.13. The van der Waals surface area contributed by atoms with Crippen molar-refractivity contribution >= 4 is 16.8 Å². The lowest BCUT2D eigenvalue weighted by Gasteiger charge is -2.09. The highest BCUT2D eigenvalue weighted by Gasteiger charge is 2.08. The number of rotatable bonds is 2. The average molecular weight is 228 g/mol. The third-order valence-electron chi connectivity index (χ3n) is 2.96. The first-order chi connectivity index (χ1) is 7.99. The fourth-order valence-corrected chi connectivity index (χ4v) is 1.90. The van der Waals surface area contributed by atoms with Gasteiger partial charge in [0.05, 0.1) is 5.52 Å². The number of pyridine rings is 1. The molecule has 88 valence electrons. The third-order valence-corrected chi connectivity index (χ3v) is 2.96.